The summed E-state index contributed by atoms with van der Waals surface area (Å²) < 4.78 is 17.9. The third-order valence-corrected chi connectivity index (χ3v) is 4.84. The molecule has 0 amide bonds. The van der Waals surface area contributed by atoms with Crippen LogP contribution >= 0.6 is 0 Å². The van der Waals surface area contributed by atoms with Gasteiger partial charge in [-0.25, -0.2) is 4.99 Å². The second-order valence-electron chi connectivity index (χ2n) is 6.26. The highest BCUT2D eigenvalue weighted by atomic mass is 16.5. The van der Waals surface area contributed by atoms with Gasteiger partial charge in [-0.1, -0.05) is 12.1 Å². The first-order valence-corrected chi connectivity index (χ1v) is 8.31. The van der Waals surface area contributed by atoms with Crippen LogP contribution in [-0.4, -0.2) is 42.8 Å². The Bertz CT molecular complexity index is 885. The maximum Gasteiger partial charge on any atom is 0.315 e. The van der Waals surface area contributed by atoms with E-state index < -0.39 is 5.92 Å². The third kappa shape index (κ3) is 2.64. The van der Waals surface area contributed by atoms with Crippen LogP contribution in [0, 0.1) is 12.8 Å². The topological polar surface area (TPSA) is 74.9 Å². The van der Waals surface area contributed by atoms with Crippen molar-refractivity contribution in [3.8, 4) is 11.5 Å². The number of aryl methyl sites for hydroxylation is 2. The highest BCUT2D eigenvalue weighted by molar-refractivity contribution is 6.05. The predicted molar refractivity (Wildman–Crippen MR) is 97.6 cm³/mol. The molecule has 1 aromatic carbocycles. The van der Waals surface area contributed by atoms with Gasteiger partial charge in [-0.05, 0) is 19.9 Å². The Balaban J connectivity index is 2.32. The molecule has 0 spiro atoms. The largest absolute Gasteiger partial charge is 0.493 e. The van der Waals surface area contributed by atoms with Crippen molar-refractivity contribution in [1.82, 2.24) is 9.78 Å². The number of hydrogen-bond donors (Lipinski definition) is 0. The smallest absolute Gasteiger partial charge is 0.315 e. The molecule has 7 nitrogen and oxygen atoms in total. The lowest BCUT2D eigenvalue weighted by atomic mass is 9.76. The van der Waals surface area contributed by atoms with E-state index in [-0.39, 0.29) is 11.9 Å². The normalized spacial score (nSPS) is 18.8. The monoisotopic (exact) mass is 357 g/mol. The number of methoxy groups -OCH3 is 3. The number of hydrogen-bond acceptors (Lipinski definition) is 6. The van der Waals surface area contributed by atoms with Crippen LogP contribution in [0.3, 0.4) is 0 Å². The highest BCUT2D eigenvalue weighted by Gasteiger charge is 2.42. The van der Waals surface area contributed by atoms with Gasteiger partial charge in [-0.2, -0.15) is 5.10 Å². The molecule has 7 heteroatoms. The van der Waals surface area contributed by atoms with E-state index in [1.165, 1.54) is 7.11 Å². The first-order valence-electron chi connectivity index (χ1n) is 8.31. The Kier molecular flexibility index (Phi) is 4.71. The van der Waals surface area contributed by atoms with Crippen LogP contribution in [0.15, 0.2) is 23.2 Å². The van der Waals surface area contributed by atoms with Gasteiger partial charge < -0.3 is 14.2 Å². The zero-order valence-corrected chi connectivity index (χ0v) is 15.9. The minimum atomic E-state index is -0.559. The zero-order chi connectivity index (χ0) is 19.0. The molecular weight excluding hydrogens is 334 g/mol. The minimum Gasteiger partial charge on any atom is -0.493 e. The van der Waals surface area contributed by atoms with Gasteiger partial charge in [0.15, 0.2) is 17.3 Å². The van der Waals surface area contributed by atoms with Gasteiger partial charge in [0.25, 0.3) is 0 Å². The van der Waals surface area contributed by atoms with E-state index in [1.54, 1.807) is 18.9 Å². The number of aromatic nitrogens is 2. The predicted octanol–water partition coefficient (Wildman–Crippen LogP) is 2.77. The summed E-state index contributed by atoms with van der Waals surface area (Å²) in [5, 5.41) is 4.51. The molecule has 3 rings (SSSR count). The number of esters is 1. The Morgan fingerprint density at radius 1 is 1.15 bits per heavy atom. The van der Waals surface area contributed by atoms with Crippen molar-refractivity contribution in [2.75, 3.05) is 21.3 Å². The second kappa shape index (κ2) is 6.82. The van der Waals surface area contributed by atoms with Gasteiger partial charge in [-0.15, -0.1) is 0 Å². The fourth-order valence-electron chi connectivity index (χ4n) is 3.73. The van der Waals surface area contributed by atoms with Gasteiger partial charge in [0.1, 0.15) is 5.92 Å². The van der Waals surface area contributed by atoms with Crippen molar-refractivity contribution in [2.45, 2.75) is 19.8 Å². The van der Waals surface area contributed by atoms with Gasteiger partial charge in [-0.3, -0.25) is 9.48 Å². The minimum absolute atomic E-state index is 0.325. The molecule has 0 fully saturated rings. The van der Waals surface area contributed by atoms with Crippen molar-refractivity contribution in [3.63, 3.8) is 0 Å². The van der Waals surface area contributed by atoms with E-state index in [1.807, 2.05) is 39.1 Å². The van der Waals surface area contributed by atoms with Crippen LogP contribution in [0.5, 0.6) is 11.5 Å². The lowest BCUT2D eigenvalue weighted by Crippen LogP contribution is -2.33. The van der Waals surface area contributed by atoms with E-state index in [2.05, 4.69) is 10.1 Å². The number of fused-ring (bicyclic) bond motifs is 1. The quantitative estimate of drug-likeness (QED) is 0.787. The van der Waals surface area contributed by atoms with Crippen LogP contribution in [-0.2, 0) is 16.6 Å². The van der Waals surface area contributed by atoms with Crippen molar-refractivity contribution in [2.24, 2.45) is 18.0 Å². The maximum atomic E-state index is 12.6. The number of benzene rings is 1. The van der Waals surface area contributed by atoms with Gasteiger partial charge >= 0.3 is 5.97 Å². The molecule has 0 radical (unpaired) electrons. The van der Waals surface area contributed by atoms with Crippen LogP contribution in [0.25, 0.3) is 0 Å². The fourth-order valence-corrected chi connectivity index (χ4v) is 3.73. The molecule has 0 saturated carbocycles. The lowest BCUT2D eigenvalue weighted by molar-refractivity contribution is -0.143. The van der Waals surface area contributed by atoms with Crippen LogP contribution in [0.4, 0.5) is 5.82 Å². The molecule has 0 bridgehead atoms. The molecule has 1 aromatic heterocycles. The standard InChI is InChI=1S/C19H23N3O4/c1-10-15(19(23)26-6)16(14-11(2)21-22(3)18(14)20-10)12-8-7-9-13(24-4)17(12)25-5/h7-9,15-16H,1-6H3. The lowest BCUT2D eigenvalue weighted by Gasteiger charge is -2.30. The van der Waals surface area contributed by atoms with E-state index >= 15 is 0 Å². The van der Waals surface area contributed by atoms with E-state index in [0.29, 0.717) is 17.2 Å². The molecule has 2 unspecified atom stereocenters. The average Bonchev–Trinajstić information content (AvgIpc) is 2.92. The van der Waals surface area contributed by atoms with E-state index in [4.69, 9.17) is 14.2 Å². The number of para-hydroxylation sites is 1. The van der Waals surface area contributed by atoms with Crippen molar-refractivity contribution in [1.29, 1.82) is 0 Å². The molecule has 2 heterocycles. The first-order chi connectivity index (χ1) is 12.4. The molecule has 2 aromatic rings. The highest BCUT2D eigenvalue weighted by Crippen LogP contribution is 2.48. The number of rotatable bonds is 4. The summed E-state index contributed by atoms with van der Waals surface area (Å²) >= 11 is 0. The molecule has 1 aliphatic rings. The molecule has 0 saturated heterocycles. The Morgan fingerprint density at radius 3 is 2.50 bits per heavy atom. The summed E-state index contributed by atoms with van der Waals surface area (Å²) in [6, 6.07) is 5.66. The number of carbonyl (C=O) groups is 1. The first kappa shape index (κ1) is 18.0. The number of carbonyl (C=O) groups excluding carboxylic acids is 1. The maximum absolute atomic E-state index is 12.6. The summed E-state index contributed by atoms with van der Waals surface area (Å²) in [7, 11) is 6.42. The van der Waals surface area contributed by atoms with Gasteiger partial charge in [0.2, 0.25) is 0 Å². The third-order valence-electron chi connectivity index (χ3n) is 4.84. The zero-order valence-electron chi connectivity index (χ0n) is 15.9. The molecule has 0 N–H and O–H groups in total. The number of ether oxygens (including phenoxy) is 3. The fraction of sp³-hybridized carbons (Fsp3) is 0.421. The Labute approximate surface area is 152 Å². The van der Waals surface area contributed by atoms with Crippen molar-refractivity contribution in [3.05, 3.63) is 35.0 Å². The summed E-state index contributed by atoms with van der Waals surface area (Å²) in [5.41, 5.74) is 3.25. The number of aliphatic imine (C=N–C) groups is 1. The molecule has 0 aliphatic carbocycles. The SMILES string of the molecule is COC(=O)C1C(C)=Nc2c(c(C)nn2C)C1c1cccc(OC)c1OC. The molecular formula is C19H23N3O4. The Morgan fingerprint density at radius 2 is 1.88 bits per heavy atom. The number of nitrogens with zero attached hydrogens (tertiary/aromatic N) is 3. The molecule has 138 valence electrons. The second-order valence-corrected chi connectivity index (χ2v) is 6.26. The molecule has 1 aliphatic heterocycles. The summed E-state index contributed by atoms with van der Waals surface area (Å²) in [5.74, 6) is 0.727. The van der Waals surface area contributed by atoms with Crippen molar-refractivity contribution < 1.29 is 19.0 Å². The van der Waals surface area contributed by atoms with Crippen molar-refractivity contribution >= 4 is 17.5 Å². The van der Waals surface area contributed by atoms with Crippen LogP contribution in [0.2, 0.25) is 0 Å². The average molecular weight is 357 g/mol. The molecule has 2 atom stereocenters. The van der Waals surface area contributed by atoms with E-state index in [9.17, 15) is 4.79 Å². The molecule has 26 heavy (non-hydrogen) atoms. The van der Waals surface area contributed by atoms with Crippen LogP contribution < -0.4 is 9.47 Å². The summed E-state index contributed by atoms with van der Waals surface area (Å²) in [6.45, 7) is 3.76. The Hall–Kier alpha value is -2.83. The summed E-state index contributed by atoms with van der Waals surface area (Å²) in [6.07, 6.45) is 0. The van der Waals surface area contributed by atoms with Gasteiger partial charge in [0.05, 0.1) is 27.0 Å². The van der Waals surface area contributed by atoms with E-state index in [0.717, 1.165) is 22.6 Å². The summed E-state index contributed by atoms with van der Waals surface area (Å²) in [4.78, 5) is 17.3. The van der Waals surface area contributed by atoms with Gasteiger partial charge in [0, 0.05) is 29.8 Å². The van der Waals surface area contributed by atoms with Crippen LogP contribution in [0.1, 0.15) is 29.7 Å².